The highest BCUT2D eigenvalue weighted by atomic mass is 19.4. The third-order valence-corrected chi connectivity index (χ3v) is 6.20. The average molecular weight is 457 g/mol. The number of anilines is 1. The van der Waals surface area contributed by atoms with Gasteiger partial charge in [0.15, 0.2) is 5.82 Å². The van der Waals surface area contributed by atoms with Crippen LogP contribution in [0.2, 0.25) is 0 Å². The molecule has 0 unspecified atom stereocenters. The topological polar surface area (TPSA) is 82.6 Å². The van der Waals surface area contributed by atoms with Gasteiger partial charge in [-0.25, -0.2) is 19.9 Å². The molecule has 7 nitrogen and oxygen atoms in total. The number of hydrogen-bond acceptors (Lipinski definition) is 6. The zero-order chi connectivity index (χ0) is 22.7. The van der Waals surface area contributed by atoms with Crippen molar-refractivity contribution in [2.24, 2.45) is 0 Å². The lowest BCUT2D eigenvalue weighted by Gasteiger charge is -2.30. The van der Waals surface area contributed by atoms with Gasteiger partial charge in [0.05, 0.1) is 5.39 Å². The van der Waals surface area contributed by atoms with E-state index in [0.29, 0.717) is 35.8 Å². The van der Waals surface area contributed by atoms with Crippen LogP contribution in [0.1, 0.15) is 30.0 Å². The standard InChI is InChI=1S/C22H19F4N7/c23-18-17-16(14(10-29-18)11-1-2-11)21(33-7-5-27-6-8-33)32-20(31-17)12-3-4-28-19-13(12)9-15(30-19)22(24,25)26/h3-4,9-11,27H,1-2,5-8H2,(H,28,30). The molecular weight excluding hydrogens is 438 g/mol. The minimum Gasteiger partial charge on any atom is -0.353 e. The van der Waals surface area contributed by atoms with E-state index < -0.39 is 17.8 Å². The minimum absolute atomic E-state index is 0.0672. The maximum Gasteiger partial charge on any atom is 0.431 e. The number of aromatic amines is 1. The highest BCUT2D eigenvalue weighted by Gasteiger charge is 2.34. The fraction of sp³-hybridized carbons (Fsp3) is 0.364. The zero-order valence-corrected chi connectivity index (χ0v) is 17.4. The molecule has 1 aliphatic carbocycles. The first-order chi connectivity index (χ1) is 15.9. The summed E-state index contributed by atoms with van der Waals surface area (Å²) in [6.45, 7) is 2.85. The number of halogens is 4. The highest BCUT2D eigenvalue weighted by molar-refractivity contribution is 5.97. The second-order valence-corrected chi connectivity index (χ2v) is 8.41. The van der Waals surface area contributed by atoms with Crippen LogP contribution in [-0.2, 0) is 6.18 Å². The number of nitrogens with one attached hydrogen (secondary N) is 2. The van der Waals surface area contributed by atoms with Crippen molar-refractivity contribution in [3.8, 4) is 11.4 Å². The monoisotopic (exact) mass is 457 g/mol. The third-order valence-electron chi connectivity index (χ3n) is 6.20. The number of rotatable bonds is 3. The number of fused-ring (bicyclic) bond motifs is 2. The first-order valence-electron chi connectivity index (χ1n) is 10.8. The summed E-state index contributed by atoms with van der Waals surface area (Å²) in [7, 11) is 0. The van der Waals surface area contributed by atoms with E-state index in [2.05, 4.69) is 30.2 Å². The summed E-state index contributed by atoms with van der Waals surface area (Å²) in [5, 5.41) is 4.16. The number of pyridine rings is 2. The van der Waals surface area contributed by atoms with Gasteiger partial charge in [0, 0.05) is 49.5 Å². The summed E-state index contributed by atoms with van der Waals surface area (Å²) < 4.78 is 54.8. The van der Waals surface area contributed by atoms with Gasteiger partial charge in [-0.1, -0.05) is 0 Å². The second kappa shape index (κ2) is 7.34. The maximum absolute atomic E-state index is 15.0. The van der Waals surface area contributed by atoms with Crippen molar-refractivity contribution in [2.45, 2.75) is 24.9 Å². The summed E-state index contributed by atoms with van der Waals surface area (Å²) in [6.07, 6.45) is 0.404. The number of alkyl halides is 3. The number of hydrogen-bond donors (Lipinski definition) is 2. The first-order valence-corrected chi connectivity index (χ1v) is 10.8. The van der Waals surface area contributed by atoms with Gasteiger partial charge in [-0.05, 0) is 36.5 Å². The van der Waals surface area contributed by atoms with Crippen LogP contribution in [0, 0.1) is 5.95 Å². The van der Waals surface area contributed by atoms with E-state index in [-0.39, 0.29) is 22.4 Å². The van der Waals surface area contributed by atoms with Crippen molar-refractivity contribution in [3.05, 3.63) is 41.7 Å². The molecule has 170 valence electrons. The van der Waals surface area contributed by atoms with E-state index in [1.807, 2.05) is 0 Å². The van der Waals surface area contributed by atoms with E-state index in [1.165, 1.54) is 6.20 Å². The molecule has 6 rings (SSSR count). The average Bonchev–Trinajstić information content (AvgIpc) is 3.55. The van der Waals surface area contributed by atoms with Gasteiger partial charge in [0.1, 0.15) is 22.7 Å². The lowest BCUT2D eigenvalue weighted by Crippen LogP contribution is -2.44. The smallest absolute Gasteiger partial charge is 0.353 e. The predicted molar refractivity (Wildman–Crippen MR) is 114 cm³/mol. The Balaban J connectivity index is 1.61. The SMILES string of the molecule is Fc1ncc(C2CC2)c2c(N3CCNCC3)nc(-c3ccnc4[nH]c(C(F)(F)F)cc34)nc12. The molecule has 0 amide bonds. The summed E-state index contributed by atoms with van der Waals surface area (Å²) in [6, 6.07) is 2.54. The van der Waals surface area contributed by atoms with Gasteiger partial charge in [-0.2, -0.15) is 17.6 Å². The molecule has 5 heterocycles. The number of nitrogens with zero attached hydrogens (tertiary/aromatic N) is 5. The van der Waals surface area contributed by atoms with E-state index in [4.69, 9.17) is 4.98 Å². The van der Waals surface area contributed by atoms with E-state index in [0.717, 1.165) is 37.6 Å². The van der Waals surface area contributed by atoms with Gasteiger partial charge < -0.3 is 15.2 Å². The fourth-order valence-electron chi connectivity index (χ4n) is 4.42. The lowest BCUT2D eigenvalue weighted by molar-refractivity contribution is -0.140. The van der Waals surface area contributed by atoms with Gasteiger partial charge in [-0.15, -0.1) is 0 Å². The molecule has 1 saturated heterocycles. The normalized spacial score (nSPS) is 17.3. The Labute approximate surface area is 185 Å². The third kappa shape index (κ3) is 3.47. The molecule has 0 atom stereocenters. The van der Waals surface area contributed by atoms with Gasteiger partial charge in [0.2, 0.25) is 5.95 Å². The molecule has 1 aliphatic heterocycles. The first kappa shape index (κ1) is 20.3. The molecule has 0 radical (unpaired) electrons. The number of piperazine rings is 1. The molecule has 11 heteroatoms. The Morgan fingerprint density at radius 2 is 1.85 bits per heavy atom. The maximum atomic E-state index is 15.0. The number of aromatic nitrogens is 5. The van der Waals surface area contributed by atoms with Gasteiger partial charge in [0.25, 0.3) is 0 Å². The van der Waals surface area contributed by atoms with Gasteiger partial charge >= 0.3 is 6.18 Å². The van der Waals surface area contributed by atoms with Crippen LogP contribution in [0.5, 0.6) is 0 Å². The van der Waals surface area contributed by atoms with Crippen LogP contribution in [0.25, 0.3) is 33.3 Å². The van der Waals surface area contributed by atoms with Crippen LogP contribution in [-0.4, -0.2) is 51.1 Å². The second-order valence-electron chi connectivity index (χ2n) is 8.41. The Morgan fingerprint density at radius 3 is 2.58 bits per heavy atom. The molecule has 2 fully saturated rings. The fourth-order valence-corrected chi connectivity index (χ4v) is 4.42. The molecule has 0 bridgehead atoms. The largest absolute Gasteiger partial charge is 0.431 e. The van der Waals surface area contributed by atoms with Crippen molar-refractivity contribution in [1.29, 1.82) is 0 Å². The summed E-state index contributed by atoms with van der Waals surface area (Å²) in [4.78, 5) is 21.6. The Hall–Kier alpha value is -3.34. The van der Waals surface area contributed by atoms with E-state index >= 15 is 0 Å². The predicted octanol–water partition coefficient (Wildman–Crippen LogP) is 4.01. The molecular formula is C22H19F4N7. The summed E-state index contributed by atoms with van der Waals surface area (Å²) in [5.74, 6) is 0.314. The minimum atomic E-state index is -4.55. The Bertz CT molecular complexity index is 1370. The molecule has 4 aromatic rings. The molecule has 2 aliphatic rings. The molecule has 0 spiro atoms. The van der Waals surface area contributed by atoms with Gasteiger partial charge in [-0.3, -0.25) is 0 Å². The molecule has 2 N–H and O–H groups in total. The quantitative estimate of drug-likeness (QED) is 0.357. The number of H-pyrrole nitrogens is 1. The Kier molecular flexibility index (Phi) is 4.51. The summed E-state index contributed by atoms with van der Waals surface area (Å²) in [5.41, 5.74) is 0.519. The van der Waals surface area contributed by atoms with Crippen molar-refractivity contribution < 1.29 is 17.6 Å². The highest BCUT2D eigenvalue weighted by Crippen LogP contribution is 2.45. The van der Waals surface area contributed by atoms with Crippen LogP contribution in [0.4, 0.5) is 23.4 Å². The van der Waals surface area contributed by atoms with Crippen LogP contribution < -0.4 is 10.2 Å². The summed E-state index contributed by atoms with van der Waals surface area (Å²) >= 11 is 0. The van der Waals surface area contributed by atoms with Crippen molar-refractivity contribution in [1.82, 2.24) is 30.2 Å². The van der Waals surface area contributed by atoms with Crippen LogP contribution in [0.3, 0.4) is 0 Å². The zero-order valence-electron chi connectivity index (χ0n) is 17.4. The molecule has 4 aromatic heterocycles. The van der Waals surface area contributed by atoms with Crippen LogP contribution in [0.15, 0.2) is 24.5 Å². The van der Waals surface area contributed by atoms with Crippen molar-refractivity contribution in [3.63, 3.8) is 0 Å². The molecule has 33 heavy (non-hydrogen) atoms. The van der Waals surface area contributed by atoms with E-state index in [1.54, 1.807) is 12.3 Å². The van der Waals surface area contributed by atoms with E-state index in [9.17, 15) is 17.6 Å². The molecule has 0 aromatic carbocycles. The Morgan fingerprint density at radius 1 is 1.06 bits per heavy atom. The van der Waals surface area contributed by atoms with Crippen molar-refractivity contribution in [2.75, 3.05) is 31.1 Å². The lowest BCUT2D eigenvalue weighted by atomic mass is 10.1. The van der Waals surface area contributed by atoms with Crippen LogP contribution >= 0.6 is 0 Å². The molecule has 1 saturated carbocycles. The van der Waals surface area contributed by atoms with Crippen molar-refractivity contribution >= 4 is 27.8 Å².